The first-order valence-corrected chi connectivity index (χ1v) is 7.99. The van der Waals surface area contributed by atoms with Gasteiger partial charge in [-0.3, -0.25) is 14.4 Å². The molecule has 8 heteroatoms. The molecule has 0 saturated carbocycles. The number of nitrogens with two attached hydrogens (primary N) is 1. The number of primary amides is 1. The summed E-state index contributed by atoms with van der Waals surface area (Å²) in [7, 11) is 0. The molecule has 1 aromatic heterocycles. The predicted molar refractivity (Wildman–Crippen MR) is 85.4 cm³/mol. The molecule has 1 unspecified atom stereocenters. The molecule has 0 aromatic carbocycles. The van der Waals surface area contributed by atoms with Gasteiger partial charge in [0, 0.05) is 43.9 Å². The molecule has 2 amide bonds. The fourth-order valence-electron chi connectivity index (χ4n) is 3.40. The average Bonchev–Trinajstić information content (AvgIpc) is 2.97. The summed E-state index contributed by atoms with van der Waals surface area (Å²) in [5, 5.41) is 9.08. The summed E-state index contributed by atoms with van der Waals surface area (Å²) in [6.45, 7) is 1.69. The second-order valence-corrected chi connectivity index (χ2v) is 6.27. The van der Waals surface area contributed by atoms with Gasteiger partial charge >= 0.3 is 5.97 Å². The highest BCUT2D eigenvalue weighted by atomic mass is 16.4. The van der Waals surface area contributed by atoms with E-state index in [0.29, 0.717) is 31.0 Å². The Bertz CT molecular complexity index is 670. The normalized spacial score (nSPS) is 22.0. The van der Waals surface area contributed by atoms with Crippen molar-refractivity contribution in [1.29, 1.82) is 0 Å². The van der Waals surface area contributed by atoms with Crippen LogP contribution in [0.2, 0.25) is 0 Å². The Morgan fingerprint density at radius 1 is 1.29 bits per heavy atom. The zero-order chi connectivity index (χ0) is 17.3. The third kappa shape index (κ3) is 3.17. The number of hydrogen-bond donors (Lipinski definition) is 2. The molecule has 3 heterocycles. The van der Waals surface area contributed by atoms with Crippen molar-refractivity contribution >= 4 is 23.6 Å². The van der Waals surface area contributed by atoms with E-state index >= 15 is 0 Å². The highest BCUT2D eigenvalue weighted by Gasteiger charge is 2.38. The lowest BCUT2D eigenvalue weighted by atomic mass is 10.0. The van der Waals surface area contributed by atoms with E-state index < -0.39 is 17.8 Å². The predicted octanol–water partition coefficient (Wildman–Crippen LogP) is 0.0824. The molecule has 0 spiro atoms. The number of pyridine rings is 1. The van der Waals surface area contributed by atoms with Gasteiger partial charge in [-0.2, -0.15) is 0 Å². The number of aliphatic carboxylic acids is 1. The lowest BCUT2D eigenvalue weighted by molar-refractivity contribution is -0.141. The summed E-state index contributed by atoms with van der Waals surface area (Å²) in [5.74, 6) is -1.37. The Morgan fingerprint density at radius 3 is 2.58 bits per heavy atom. The number of hydrogen-bond acceptors (Lipinski definition) is 5. The molecular weight excluding hydrogens is 312 g/mol. The van der Waals surface area contributed by atoms with E-state index in [1.54, 1.807) is 23.2 Å². The maximum atomic E-state index is 12.0. The van der Waals surface area contributed by atoms with Crippen molar-refractivity contribution in [3.63, 3.8) is 0 Å². The summed E-state index contributed by atoms with van der Waals surface area (Å²) < 4.78 is 0. The van der Waals surface area contributed by atoms with E-state index in [-0.39, 0.29) is 18.4 Å². The minimum atomic E-state index is -0.907. The van der Waals surface area contributed by atoms with Crippen LogP contribution in [0.3, 0.4) is 0 Å². The molecule has 2 aliphatic heterocycles. The summed E-state index contributed by atoms with van der Waals surface area (Å²) >= 11 is 0. The van der Waals surface area contributed by atoms with Crippen LogP contribution < -0.4 is 10.6 Å². The van der Waals surface area contributed by atoms with Gasteiger partial charge in [-0.15, -0.1) is 0 Å². The molecule has 1 aromatic rings. The monoisotopic (exact) mass is 332 g/mol. The second-order valence-electron chi connectivity index (χ2n) is 6.27. The minimum absolute atomic E-state index is 0.0671. The van der Waals surface area contributed by atoms with E-state index in [1.807, 2.05) is 0 Å². The molecule has 24 heavy (non-hydrogen) atoms. The van der Waals surface area contributed by atoms with E-state index in [0.717, 1.165) is 12.8 Å². The number of likely N-dealkylation sites (tertiary alicyclic amines) is 1. The van der Waals surface area contributed by atoms with Gasteiger partial charge in [-0.05, 0) is 25.0 Å². The average molecular weight is 332 g/mol. The molecule has 2 saturated heterocycles. The molecule has 8 nitrogen and oxygen atoms in total. The maximum Gasteiger partial charge on any atom is 0.308 e. The van der Waals surface area contributed by atoms with E-state index in [4.69, 9.17) is 10.8 Å². The van der Waals surface area contributed by atoms with Gasteiger partial charge in [0.25, 0.3) is 0 Å². The molecule has 128 valence electrons. The van der Waals surface area contributed by atoms with Crippen LogP contribution in [-0.4, -0.2) is 58.5 Å². The van der Waals surface area contributed by atoms with Crippen LogP contribution >= 0.6 is 0 Å². The minimum Gasteiger partial charge on any atom is -0.481 e. The van der Waals surface area contributed by atoms with Crippen molar-refractivity contribution in [1.82, 2.24) is 9.88 Å². The quantitative estimate of drug-likeness (QED) is 0.806. The standard InChI is InChI=1S/C16H20N4O4/c17-15(22)10-1-4-18-13(7-10)19-5-2-12(3-6-19)20-9-11(16(23)24)8-14(20)21/h1,4,7,11-12H,2-3,5-6,8-9H2,(H2,17,22)(H,23,24). The van der Waals surface area contributed by atoms with Gasteiger partial charge in [0.15, 0.2) is 0 Å². The van der Waals surface area contributed by atoms with Crippen LogP contribution in [0.25, 0.3) is 0 Å². The van der Waals surface area contributed by atoms with Crippen molar-refractivity contribution in [3.05, 3.63) is 23.9 Å². The van der Waals surface area contributed by atoms with Crippen molar-refractivity contribution in [2.24, 2.45) is 11.7 Å². The molecule has 2 fully saturated rings. The number of carbonyl (C=O) groups excluding carboxylic acids is 2. The fraction of sp³-hybridized carbons (Fsp3) is 0.500. The highest BCUT2D eigenvalue weighted by molar-refractivity contribution is 5.93. The first kappa shape index (κ1) is 16.2. The van der Waals surface area contributed by atoms with Gasteiger partial charge in [0.1, 0.15) is 5.82 Å². The summed E-state index contributed by atoms with van der Waals surface area (Å²) in [4.78, 5) is 42.4. The van der Waals surface area contributed by atoms with Crippen LogP contribution in [0.5, 0.6) is 0 Å². The SMILES string of the molecule is NC(=O)c1ccnc(N2CCC(N3CC(C(=O)O)CC3=O)CC2)c1. The number of carboxylic acid groups (broad SMARTS) is 1. The second kappa shape index (κ2) is 6.46. The van der Waals surface area contributed by atoms with Crippen molar-refractivity contribution in [3.8, 4) is 0 Å². The molecular formula is C16H20N4O4. The van der Waals surface area contributed by atoms with Gasteiger partial charge < -0.3 is 20.6 Å². The van der Waals surface area contributed by atoms with Gasteiger partial charge in [0.2, 0.25) is 11.8 Å². The zero-order valence-corrected chi connectivity index (χ0v) is 13.2. The third-order valence-electron chi connectivity index (χ3n) is 4.77. The topological polar surface area (TPSA) is 117 Å². The largest absolute Gasteiger partial charge is 0.481 e. The third-order valence-corrected chi connectivity index (χ3v) is 4.77. The van der Waals surface area contributed by atoms with Crippen LogP contribution in [0.1, 0.15) is 29.6 Å². The molecule has 3 rings (SSSR count). The fourth-order valence-corrected chi connectivity index (χ4v) is 3.40. The number of rotatable bonds is 4. The molecule has 1 atom stereocenters. The lowest BCUT2D eigenvalue weighted by Gasteiger charge is -2.37. The summed E-state index contributed by atoms with van der Waals surface area (Å²) in [5.41, 5.74) is 5.71. The van der Waals surface area contributed by atoms with Gasteiger partial charge in [0.05, 0.1) is 5.92 Å². The zero-order valence-electron chi connectivity index (χ0n) is 13.2. The van der Waals surface area contributed by atoms with Crippen LogP contribution in [0.4, 0.5) is 5.82 Å². The number of nitrogens with zero attached hydrogens (tertiary/aromatic N) is 3. The highest BCUT2D eigenvalue weighted by Crippen LogP contribution is 2.27. The molecule has 3 N–H and O–H groups in total. The van der Waals surface area contributed by atoms with Gasteiger partial charge in [-0.1, -0.05) is 0 Å². The first-order valence-electron chi connectivity index (χ1n) is 7.99. The Kier molecular flexibility index (Phi) is 4.37. The number of anilines is 1. The Balaban J connectivity index is 1.62. The van der Waals surface area contributed by atoms with Crippen LogP contribution in [0, 0.1) is 5.92 Å². The van der Waals surface area contributed by atoms with Crippen LogP contribution in [-0.2, 0) is 9.59 Å². The molecule has 0 aliphatic carbocycles. The lowest BCUT2D eigenvalue weighted by Crippen LogP contribution is -2.46. The number of carbonyl (C=O) groups is 3. The van der Waals surface area contributed by atoms with E-state index in [9.17, 15) is 14.4 Å². The van der Waals surface area contributed by atoms with Gasteiger partial charge in [-0.25, -0.2) is 4.98 Å². The Hall–Kier alpha value is -2.64. The van der Waals surface area contributed by atoms with Crippen molar-refractivity contribution in [2.45, 2.75) is 25.3 Å². The number of piperidine rings is 1. The number of aromatic nitrogens is 1. The smallest absolute Gasteiger partial charge is 0.308 e. The van der Waals surface area contributed by atoms with E-state index in [2.05, 4.69) is 9.88 Å². The van der Waals surface area contributed by atoms with Crippen molar-refractivity contribution < 1.29 is 19.5 Å². The molecule has 0 radical (unpaired) electrons. The van der Waals surface area contributed by atoms with E-state index in [1.165, 1.54) is 0 Å². The maximum absolute atomic E-state index is 12.0. The number of amides is 2. The molecule has 2 aliphatic rings. The number of carboxylic acids is 1. The Labute approximate surface area is 139 Å². The van der Waals surface area contributed by atoms with Crippen LogP contribution in [0.15, 0.2) is 18.3 Å². The van der Waals surface area contributed by atoms with Crippen molar-refractivity contribution in [2.75, 3.05) is 24.5 Å². The summed E-state index contributed by atoms with van der Waals surface area (Å²) in [6.07, 6.45) is 3.15. The Morgan fingerprint density at radius 2 is 2.00 bits per heavy atom. The first-order chi connectivity index (χ1) is 11.5. The molecule has 0 bridgehead atoms. The summed E-state index contributed by atoms with van der Waals surface area (Å²) in [6, 6.07) is 3.31.